The highest BCUT2D eigenvalue weighted by Gasteiger charge is 2.13. The molecule has 0 aromatic heterocycles. The van der Waals surface area contributed by atoms with Crippen LogP contribution in [0, 0.1) is 0 Å². The molecule has 19 heavy (non-hydrogen) atoms. The third-order valence-electron chi connectivity index (χ3n) is 2.02. The van der Waals surface area contributed by atoms with Crippen LogP contribution < -0.4 is 0 Å². The highest BCUT2D eigenvalue weighted by molar-refractivity contribution is 4.58. The van der Waals surface area contributed by atoms with Gasteiger partial charge in [0.05, 0.1) is 26.4 Å². The predicted octanol–water partition coefficient (Wildman–Crippen LogP) is -2.39. The van der Waals surface area contributed by atoms with Crippen molar-refractivity contribution in [1.29, 1.82) is 0 Å². The van der Waals surface area contributed by atoms with Crippen LogP contribution in [0.25, 0.3) is 0 Å². The van der Waals surface area contributed by atoms with Gasteiger partial charge in [-0.2, -0.15) is 0 Å². The molecule has 0 spiro atoms. The normalized spacial score (nSPS) is 14.5. The molecule has 2 atom stereocenters. The zero-order valence-corrected chi connectivity index (χ0v) is 10.6. The van der Waals surface area contributed by atoms with Gasteiger partial charge in [-0.3, -0.25) is 0 Å². The van der Waals surface area contributed by atoms with Crippen molar-refractivity contribution in [2.45, 2.75) is 12.2 Å². The van der Waals surface area contributed by atoms with Crippen molar-refractivity contribution in [3.05, 3.63) is 0 Å². The monoisotopic (exact) mass is 286 g/mol. The third kappa shape index (κ3) is 11.2. The summed E-state index contributed by atoms with van der Waals surface area (Å²) < 4.78 is 24.5. The Kier molecular flexibility index (Phi) is 13.8. The van der Waals surface area contributed by atoms with Crippen LogP contribution in [-0.2, 0) is 23.7 Å². The molecule has 0 bridgehead atoms. The number of aliphatic hydroxyl groups is 4. The fraction of sp³-hybridized carbons (Fsp3) is 1.00. The Morgan fingerprint density at radius 3 is 1.21 bits per heavy atom. The Morgan fingerprint density at radius 2 is 0.895 bits per heavy atom. The van der Waals surface area contributed by atoms with E-state index < -0.39 is 39.4 Å². The van der Waals surface area contributed by atoms with E-state index in [0.717, 1.165) is 0 Å². The zero-order chi connectivity index (χ0) is 14.3. The number of aliphatic hydroxyl groups excluding tert-OH is 4. The zero-order valence-electron chi connectivity index (χ0n) is 10.6. The standard InChI is InChI=1S/C10H22O9/c11-5-16-3-9(18-7-13)1-15-2-10(19-8-14)4-17-6-12/h9-14H,1-8H2. The van der Waals surface area contributed by atoms with Crippen LogP contribution in [0.2, 0.25) is 0 Å². The van der Waals surface area contributed by atoms with Crippen molar-refractivity contribution in [3.8, 4) is 0 Å². The van der Waals surface area contributed by atoms with E-state index in [4.69, 9.17) is 44.1 Å². The van der Waals surface area contributed by atoms with E-state index in [2.05, 4.69) is 0 Å². The average Bonchev–Trinajstić information content (AvgIpc) is 2.42. The molecule has 0 radical (unpaired) electrons. The number of ether oxygens (including phenoxy) is 5. The van der Waals surface area contributed by atoms with Gasteiger partial charge >= 0.3 is 0 Å². The van der Waals surface area contributed by atoms with E-state index >= 15 is 0 Å². The molecule has 0 rings (SSSR count). The quantitative estimate of drug-likeness (QED) is 0.258. The van der Waals surface area contributed by atoms with Gasteiger partial charge in [0.25, 0.3) is 0 Å². The van der Waals surface area contributed by atoms with Crippen LogP contribution in [0.4, 0.5) is 0 Å². The molecule has 9 heteroatoms. The maximum atomic E-state index is 8.64. The number of rotatable bonds is 14. The lowest BCUT2D eigenvalue weighted by Crippen LogP contribution is -2.31. The highest BCUT2D eigenvalue weighted by Crippen LogP contribution is 1.99. The van der Waals surface area contributed by atoms with Crippen LogP contribution in [0.5, 0.6) is 0 Å². The molecule has 0 heterocycles. The van der Waals surface area contributed by atoms with Gasteiger partial charge in [-0.25, -0.2) is 0 Å². The lowest BCUT2D eigenvalue weighted by atomic mass is 10.4. The van der Waals surface area contributed by atoms with Crippen molar-refractivity contribution < 1.29 is 44.1 Å². The minimum absolute atomic E-state index is 0.0652. The van der Waals surface area contributed by atoms with Gasteiger partial charge in [0.15, 0.2) is 0 Å². The predicted molar refractivity (Wildman–Crippen MR) is 60.8 cm³/mol. The highest BCUT2D eigenvalue weighted by atomic mass is 16.6. The molecule has 0 amide bonds. The summed E-state index contributed by atoms with van der Waals surface area (Å²) in [5.41, 5.74) is 0. The Balaban J connectivity index is 3.83. The second-order valence-electron chi connectivity index (χ2n) is 3.37. The molecule has 4 N–H and O–H groups in total. The second kappa shape index (κ2) is 14.1. The van der Waals surface area contributed by atoms with Crippen LogP contribution in [0.1, 0.15) is 0 Å². The summed E-state index contributed by atoms with van der Waals surface area (Å²) in [5.74, 6) is 0. The minimum Gasteiger partial charge on any atom is -0.376 e. The van der Waals surface area contributed by atoms with Crippen molar-refractivity contribution in [2.75, 3.05) is 53.6 Å². The number of hydrogen-bond acceptors (Lipinski definition) is 9. The second-order valence-corrected chi connectivity index (χ2v) is 3.37. The van der Waals surface area contributed by atoms with Crippen LogP contribution in [0.3, 0.4) is 0 Å². The molecule has 0 aromatic carbocycles. The smallest absolute Gasteiger partial charge is 0.144 e. The Morgan fingerprint density at radius 1 is 0.526 bits per heavy atom. The maximum absolute atomic E-state index is 8.64. The van der Waals surface area contributed by atoms with E-state index in [-0.39, 0.29) is 26.4 Å². The van der Waals surface area contributed by atoms with E-state index in [1.807, 2.05) is 0 Å². The van der Waals surface area contributed by atoms with E-state index in [1.165, 1.54) is 0 Å². The number of hydrogen-bond donors (Lipinski definition) is 4. The van der Waals surface area contributed by atoms with Crippen LogP contribution in [0.15, 0.2) is 0 Å². The topological polar surface area (TPSA) is 127 Å². The molecule has 0 aliphatic carbocycles. The first kappa shape index (κ1) is 18.6. The van der Waals surface area contributed by atoms with Crippen LogP contribution >= 0.6 is 0 Å². The molecule has 0 saturated heterocycles. The molecule has 0 aliphatic rings. The Labute approximate surface area is 111 Å². The van der Waals surface area contributed by atoms with Gasteiger partial charge in [0.2, 0.25) is 0 Å². The largest absolute Gasteiger partial charge is 0.376 e. The van der Waals surface area contributed by atoms with Gasteiger partial charge in [-0.05, 0) is 0 Å². The Bertz CT molecular complexity index is 162. The van der Waals surface area contributed by atoms with E-state index in [9.17, 15) is 0 Å². The average molecular weight is 286 g/mol. The van der Waals surface area contributed by atoms with Gasteiger partial charge < -0.3 is 44.1 Å². The first-order valence-corrected chi connectivity index (χ1v) is 5.68. The maximum Gasteiger partial charge on any atom is 0.144 e. The molecule has 9 nitrogen and oxygen atoms in total. The molecule has 0 aromatic rings. The lowest BCUT2D eigenvalue weighted by molar-refractivity contribution is -0.149. The summed E-state index contributed by atoms with van der Waals surface area (Å²) >= 11 is 0. The van der Waals surface area contributed by atoms with Crippen LogP contribution in [-0.4, -0.2) is 86.2 Å². The molecular formula is C10H22O9. The molecule has 0 aliphatic heterocycles. The van der Waals surface area contributed by atoms with Crippen molar-refractivity contribution >= 4 is 0 Å². The summed E-state index contributed by atoms with van der Waals surface area (Å²) in [7, 11) is 0. The van der Waals surface area contributed by atoms with Gasteiger partial charge in [0.1, 0.15) is 39.4 Å². The minimum atomic E-state index is -0.536. The first-order chi connectivity index (χ1) is 9.28. The van der Waals surface area contributed by atoms with Crippen molar-refractivity contribution in [2.24, 2.45) is 0 Å². The van der Waals surface area contributed by atoms with Crippen molar-refractivity contribution in [1.82, 2.24) is 0 Å². The molecule has 2 unspecified atom stereocenters. The summed E-state index contributed by atoms with van der Waals surface area (Å²) in [4.78, 5) is 0. The fourth-order valence-electron chi connectivity index (χ4n) is 1.20. The molecule has 0 fully saturated rings. The molecule has 116 valence electrons. The fourth-order valence-corrected chi connectivity index (χ4v) is 1.20. The lowest BCUT2D eigenvalue weighted by Gasteiger charge is -2.19. The summed E-state index contributed by atoms with van der Waals surface area (Å²) in [6.45, 7) is -1.56. The van der Waals surface area contributed by atoms with Gasteiger partial charge in [-0.15, -0.1) is 0 Å². The summed E-state index contributed by atoms with van der Waals surface area (Å²) in [6, 6.07) is 0. The Hall–Kier alpha value is -0.360. The van der Waals surface area contributed by atoms with Gasteiger partial charge in [-0.1, -0.05) is 0 Å². The van der Waals surface area contributed by atoms with E-state index in [0.29, 0.717) is 0 Å². The first-order valence-electron chi connectivity index (χ1n) is 5.68. The van der Waals surface area contributed by atoms with E-state index in [1.54, 1.807) is 0 Å². The molecular weight excluding hydrogens is 264 g/mol. The van der Waals surface area contributed by atoms with Gasteiger partial charge in [0, 0.05) is 0 Å². The third-order valence-corrected chi connectivity index (χ3v) is 2.02. The molecule has 0 saturated carbocycles. The summed E-state index contributed by atoms with van der Waals surface area (Å²) in [6.07, 6.45) is -1.07. The SMILES string of the molecule is OCOCC(COCC(COCO)OCO)OCO. The summed E-state index contributed by atoms with van der Waals surface area (Å²) in [5, 5.41) is 34.3. The van der Waals surface area contributed by atoms with Crippen molar-refractivity contribution in [3.63, 3.8) is 0 Å².